The van der Waals surface area contributed by atoms with E-state index in [0.29, 0.717) is 0 Å². The van der Waals surface area contributed by atoms with E-state index in [1.165, 1.54) is 6.07 Å². The summed E-state index contributed by atoms with van der Waals surface area (Å²) in [5.41, 5.74) is 0.983. The number of halogens is 1. The van der Waals surface area contributed by atoms with Crippen LogP contribution in [-0.4, -0.2) is 49.7 Å². The van der Waals surface area contributed by atoms with E-state index in [1.807, 2.05) is 13.8 Å². The molecule has 0 aromatic heterocycles. The van der Waals surface area contributed by atoms with E-state index >= 15 is 0 Å². The summed E-state index contributed by atoms with van der Waals surface area (Å²) in [6.45, 7) is 7.73. The molecule has 1 aromatic rings. The third-order valence-corrected chi connectivity index (χ3v) is 3.38. The van der Waals surface area contributed by atoms with Gasteiger partial charge in [0, 0.05) is 25.7 Å². The fourth-order valence-corrected chi connectivity index (χ4v) is 2.33. The van der Waals surface area contributed by atoms with E-state index < -0.39 is 5.82 Å². The van der Waals surface area contributed by atoms with Crippen molar-refractivity contribution in [3.63, 3.8) is 0 Å². The Hall–Kier alpha value is -1.46. The molecule has 1 fully saturated rings. The minimum absolute atomic E-state index is 0.0273. The van der Waals surface area contributed by atoms with Crippen LogP contribution in [0.1, 0.15) is 22.8 Å². The number of morpholine rings is 1. The standard InChI is InChI=1S/C15H21FN2O2/c1-11-3-4-14(16)13(9-11)15(19)17-12(2)10-18-5-7-20-8-6-18/h3-4,9,12H,5-8,10H2,1-2H3,(H,17,19). The highest BCUT2D eigenvalue weighted by atomic mass is 19.1. The highest BCUT2D eigenvalue weighted by Gasteiger charge is 2.17. The number of ether oxygens (including phenoxy) is 1. The molecule has 1 N–H and O–H groups in total. The van der Waals surface area contributed by atoms with Crippen LogP contribution in [0.15, 0.2) is 18.2 Å². The Labute approximate surface area is 118 Å². The molecule has 1 saturated heterocycles. The Kier molecular flexibility index (Phi) is 5.09. The number of aryl methyl sites for hydroxylation is 1. The SMILES string of the molecule is Cc1ccc(F)c(C(=O)NC(C)CN2CCOCC2)c1. The fraction of sp³-hybridized carbons (Fsp3) is 0.533. The number of rotatable bonds is 4. The van der Waals surface area contributed by atoms with Crippen LogP contribution >= 0.6 is 0 Å². The molecule has 1 atom stereocenters. The highest BCUT2D eigenvalue weighted by Crippen LogP contribution is 2.10. The van der Waals surface area contributed by atoms with Crippen molar-refractivity contribution in [3.8, 4) is 0 Å². The van der Waals surface area contributed by atoms with Gasteiger partial charge < -0.3 is 10.1 Å². The molecular weight excluding hydrogens is 259 g/mol. The van der Waals surface area contributed by atoms with Crippen molar-refractivity contribution in [1.82, 2.24) is 10.2 Å². The summed E-state index contributed by atoms with van der Waals surface area (Å²) in [6.07, 6.45) is 0. The molecule has 0 aliphatic carbocycles. The van der Waals surface area contributed by atoms with Gasteiger partial charge in [-0.25, -0.2) is 4.39 Å². The minimum atomic E-state index is -0.480. The molecule has 20 heavy (non-hydrogen) atoms. The Morgan fingerprint density at radius 2 is 2.15 bits per heavy atom. The topological polar surface area (TPSA) is 41.6 Å². The van der Waals surface area contributed by atoms with Gasteiger partial charge in [-0.1, -0.05) is 11.6 Å². The second kappa shape index (κ2) is 6.81. The minimum Gasteiger partial charge on any atom is -0.379 e. The summed E-state index contributed by atoms with van der Waals surface area (Å²) in [4.78, 5) is 14.3. The number of amides is 1. The Balaban J connectivity index is 1.91. The third-order valence-electron chi connectivity index (χ3n) is 3.38. The monoisotopic (exact) mass is 280 g/mol. The van der Waals surface area contributed by atoms with Crippen LogP contribution in [0.25, 0.3) is 0 Å². The van der Waals surface area contributed by atoms with E-state index in [0.717, 1.165) is 38.4 Å². The van der Waals surface area contributed by atoms with Crippen molar-refractivity contribution in [2.75, 3.05) is 32.8 Å². The lowest BCUT2D eigenvalue weighted by Crippen LogP contribution is -2.46. The number of hydrogen-bond acceptors (Lipinski definition) is 3. The van der Waals surface area contributed by atoms with E-state index in [1.54, 1.807) is 12.1 Å². The first-order chi connectivity index (χ1) is 9.56. The predicted octanol–water partition coefficient (Wildman–Crippen LogP) is 1.58. The first-order valence-electron chi connectivity index (χ1n) is 6.93. The highest BCUT2D eigenvalue weighted by molar-refractivity contribution is 5.94. The average Bonchev–Trinajstić information content (AvgIpc) is 2.42. The van der Waals surface area contributed by atoms with Gasteiger partial charge in [0.2, 0.25) is 0 Å². The Bertz CT molecular complexity index is 473. The molecule has 0 radical (unpaired) electrons. The summed E-state index contributed by atoms with van der Waals surface area (Å²) in [5.74, 6) is -0.835. The molecule has 4 nitrogen and oxygen atoms in total. The Morgan fingerprint density at radius 3 is 2.85 bits per heavy atom. The van der Waals surface area contributed by atoms with Gasteiger partial charge in [-0.2, -0.15) is 0 Å². The molecule has 5 heteroatoms. The molecule has 1 aliphatic heterocycles. The predicted molar refractivity (Wildman–Crippen MR) is 75.3 cm³/mol. The zero-order valence-corrected chi connectivity index (χ0v) is 12.0. The van der Waals surface area contributed by atoms with Crippen molar-refractivity contribution in [3.05, 3.63) is 35.1 Å². The van der Waals surface area contributed by atoms with Gasteiger partial charge in [0.15, 0.2) is 0 Å². The molecule has 0 bridgehead atoms. The second-order valence-electron chi connectivity index (χ2n) is 5.27. The number of nitrogens with zero attached hydrogens (tertiary/aromatic N) is 1. The van der Waals surface area contributed by atoms with Gasteiger partial charge in [-0.15, -0.1) is 0 Å². The van der Waals surface area contributed by atoms with Crippen LogP contribution in [0.5, 0.6) is 0 Å². The van der Waals surface area contributed by atoms with Crippen molar-refractivity contribution in [1.29, 1.82) is 0 Å². The maximum atomic E-state index is 13.6. The van der Waals surface area contributed by atoms with Gasteiger partial charge >= 0.3 is 0 Å². The largest absolute Gasteiger partial charge is 0.379 e. The van der Waals surface area contributed by atoms with Crippen LogP contribution in [-0.2, 0) is 4.74 Å². The van der Waals surface area contributed by atoms with Crippen LogP contribution in [0.2, 0.25) is 0 Å². The maximum absolute atomic E-state index is 13.6. The number of carbonyl (C=O) groups is 1. The summed E-state index contributed by atoms with van der Waals surface area (Å²) in [5, 5.41) is 2.85. The lowest BCUT2D eigenvalue weighted by Gasteiger charge is -2.29. The summed E-state index contributed by atoms with van der Waals surface area (Å²) >= 11 is 0. The first-order valence-corrected chi connectivity index (χ1v) is 6.93. The van der Waals surface area contributed by atoms with Gasteiger partial charge in [0.25, 0.3) is 5.91 Å². The van der Waals surface area contributed by atoms with Crippen molar-refractivity contribution >= 4 is 5.91 Å². The molecule has 1 aromatic carbocycles. The molecule has 0 spiro atoms. The fourth-order valence-electron chi connectivity index (χ4n) is 2.33. The van der Waals surface area contributed by atoms with Crippen LogP contribution in [0, 0.1) is 12.7 Å². The molecule has 1 heterocycles. The van der Waals surface area contributed by atoms with Crippen LogP contribution in [0.4, 0.5) is 4.39 Å². The number of carbonyl (C=O) groups excluding carboxylic acids is 1. The first kappa shape index (κ1) is 14.9. The van der Waals surface area contributed by atoms with Gasteiger partial charge in [0.05, 0.1) is 18.8 Å². The van der Waals surface area contributed by atoms with E-state index in [-0.39, 0.29) is 17.5 Å². The molecule has 2 rings (SSSR count). The van der Waals surface area contributed by atoms with Crippen molar-refractivity contribution < 1.29 is 13.9 Å². The number of nitrogens with one attached hydrogen (secondary N) is 1. The quantitative estimate of drug-likeness (QED) is 0.910. The van der Waals surface area contributed by atoms with Crippen molar-refractivity contribution in [2.24, 2.45) is 0 Å². The summed E-state index contributed by atoms with van der Waals surface area (Å²) < 4.78 is 18.9. The lowest BCUT2D eigenvalue weighted by molar-refractivity contribution is 0.0342. The Morgan fingerprint density at radius 1 is 1.45 bits per heavy atom. The molecule has 1 aliphatic rings. The van der Waals surface area contributed by atoms with Gasteiger partial charge in [-0.3, -0.25) is 9.69 Å². The zero-order valence-electron chi connectivity index (χ0n) is 12.0. The molecule has 1 unspecified atom stereocenters. The lowest BCUT2D eigenvalue weighted by atomic mass is 10.1. The molecule has 1 amide bonds. The molecule has 0 saturated carbocycles. The van der Waals surface area contributed by atoms with Crippen LogP contribution < -0.4 is 5.32 Å². The smallest absolute Gasteiger partial charge is 0.254 e. The normalized spacial score (nSPS) is 17.8. The second-order valence-corrected chi connectivity index (χ2v) is 5.27. The summed E-state index contributed by atoms with van der Waals surface area (Å²) in [7, 11) is 0. The van der Waals surface area contributed by atoms with E-state index in [2.05, 4.69) is 10.2 Å². The van der Waals surface area contributed by atoms with Crippen LogP contribution in [0.3, 0.4) is 0 Å². The number of hydrogen-bond donors (Lipinski definition) is 1. The molecule has 110 valence electrons. The van der Waals surface area contributed by atoms with Crippen molar-refractivity contribution in [2.45, 2.75) is 19.9 Å². The zero-order chi connectivity index (χ0) is 14.5. The van der Waals surface area contributed by atoms with E-state index in [4.69, 9.17) is 4.74 Å². The summed E-state index contributed by atoms with van der Waals surface area (Å²) in [6, 6.07) is 4.53. The maximum Gasteiger partial charge on any atom is 0.254 e. The molecular formula is C15H21FN2O2. The number of benzene rings is 1. The van der Waals surface area contributed by atoms with Gasteiger partial charge in [0.1, 0.15) is 5.82 Å². The third kappa shape index (κ3) is 4.02. The van der Waals surface area contributed by atoms with E-state index in [9.17, 15) is 9.18 Å². The average molecular weight is 280 g/mol. The van der Waals surface area contributed by atoms with Gasteiger partial charge in [-0.05, 0) is 26.0 Å².